The minimum atomic E-state index is -3.09. The van der Waals surface area contributed by atoms with E-state index in [4.69, 9.17) is 5.11 Å². The molecule has 0 rings (SSSR count). The lowest BCUT2D eigenvalue weighted by molar-refractivity contribution is 0.251. The number of aliphatic hydroxyl groups is 1. The molecule has 1 atom stereocenters. The Morgan fingerprint density at radius 1 is 1.20 bits per heavy atom. The van der Waals surface area contributed by atoms with Gasteiger partial charge < -0.3 is 5.11 Å². The van der Waals surface area contributed by atoms with Gasteiger partial charge in [-0.2, -0.15) is 0 Å². The summed E-state index contributed by atoms with van der Waals surface area (Å²) >= 11 is 0. The van der Waals surface area contributed by atoms with Crippen LogP contribution in [0.4, 0.5) is 0 Å². The van der Waals surface area contributed by atoms with Gasteiger partial charge in [-0.25, -0.2) is 13.1 Å². The molecule has 0 aliphatic heterocycles. The molecule has 0 spiro atoms. The molecule has 0 aliphatic carbocycles. The summed E-state index contributed by atoms with van der Waals surface area (Å²) in [5, 5.41) is 8.82. The Morgan fingerprint density at radius 3 is 2.33 bits per heavy atom. The van der Waals surface area contributed by atoms with E-state index in [1.54, 1.807) is 0 Å². The van der Waals surface area contributed by atoms with E-state index in [1.165, 1.54) is 0 Å². The van der Waals surface area contributed by atoms with Crippen LogP contribution in [-0.4, -0.2) is 32.4 Å². The Labute approximate surface area is 93.1 Å². The van der Waals surface area contributed by atoms with Crippen molar-refractivity contribution in [3.63, 3.8) is 0 Å². The maximum absolute atomic E-state index is 11.4. The summed E-state index contributed by atoms with van der Waals surface area (Å²) in [6.07, 6.45) is 3.27. The molecular weight excluding hydrogens is 214 g/mol. The van der Waals surface area contributed by atoms with Crippen LogP contribution < -0.4 is 4.72 Å². The second-order valence-corrected chi connectivity index (χ2v) is 5.76. The van der Waals surface area contributed by atoms with E-state index in [1.807, 2.05) is 6.92 Å². The minimum Gasteiger partial charge on any atom is -0.396 e. The monoisotopic (exact) mass is 237 g/mol. The van der Waals surface area contributed by atoms with Gasteiger partial charge in [-0.05, 0) is 25.2 Å². The van der Waals surface area contributed by atoms with Crippen LogP contribution >= 0.6 is 0 Å². The summed E-state index contributed by atoms with van der Waals surface area (Å²) in [6.45, 7) is 4.48. The third-order valence-electron chi connectivity index (χ3n) is 2.30. The summed E-state index contributed by atoms with van der Waals surface area (Å²) in [4.78, 5) is 0. The number of aliphatic hydroxyl groups excluding tert-OH is 1. The highest BCUT2D eigenvalue weighted by Crippen LogP contribution is 2.09. The lowest BCUT2D eigenvalue weighted by Crippen LogP contribution is -2.31. The smallest absolute Gasteiger partial charge is 0.211 e. The van der Waals surface area contributed by atoms with Gasteiger partial charge in [-0.3, -0.25) is 0 Å². The lowest BCUT2D eigenvalue weighted by Gasteiger charge is -2.15. The molecule has 15 heavy (non-hydrogen) atoms. The van der Waals surface area contributed by atoms with E-state index in [-0.39, 0.29) is 18.3 Å². The molecule has 2 N–H and O–H groups in total. The molecule has 0 aromatic heterocycles. The number of sulfonamides is 1. The van der Waals surface area contributed by atoms with Crippen LogP contribution in [0.15, 0.2) is 0 Å². The zero-order valence-electron chi connectivity index (χ0n) is 9.70. The first-order valence-electron chi connectivity index (χ1n) is 5.63. The number of nitrogens with one attached hydrogen (secondary N) is 1. The molecule has 0 aliphatic rings. The first kappa shape index (κ1) is 14.9. The minimum absolute atomic E-state index is 0.125. The average Bonchev–Trinajstić information content (AvgIpc) is 2.15. The van der Waals surface area contributed by atoms with E-state index in [2.05, 4.69) is 11.6 Å². The molecule has 0 amide bonds. The Bertz CT molecular complexity index is 233. The van der Waals surface area contributed by atoms with Crippen LogP contribution in [0.3, 0.4) is 0 Å². The second kappa shape index (κ2) is 8.07. The first-order chi connectivity index (χ1) is 7.05. The summed E-state index contributed by atoms with van der Waals surface area (Å²) < 4.78 is 25.3. The van der Waals surface area contributed by atoms with Crippen molar-refractivity contribution in [1.29, 1.82) is 0 Å². The standard InChI is InChI=1S/C10H23NO3S/c1-3-5-10(6-7-12)9-11-15(13,14)8-4-2/h10-12H,3-9H2,1-2H3. The van der Waals surface area contributed by atoms with E-state index in [0.29, 0.717) is 19.4 Å². The zero-order valence-corrected chi connectivity index (χ0v) is 10.5. The Balaban J connectivity index is 3.97. The van der Waals surface area contributed by atoms with E-state index in [0.717, 1.165) is 12.8 Å². The molecule has 0 aromatic rings. The van der Waals surface area contributed by atoms with Crippen molar-refractivity contribution in [3.8, 4) is 0 Å². The average molecular weight is 237 g/mol. The predicted molar refractivity (Wildman–Crippen MR) is 62.2 cm³/mol. The molecule has 0 saturated carbocycles. The fourth-order valence-corrected chi connectivity index (χ4v) is 2.70. The van der Waals surface area contributed by atoms with Crippen molar-refractivity contribution in [2.75, 3.05) is 18.9 Å². The largest absolute Gasteiger partial charge is 0.396 e. The molecule has 5 heteroatoms. The highest BCUT2D eigenvalue weighted by Gasteiger charge is 2.12. The van der Waals surface area contributed by atoms with E-state index >= 15 is 0 Å². The third kappa shape index (κ3) is 7.76. The zero-order chi connectivity index (χ0) is 11.7. The van der Waals surface area contributed by atoms with Crippen LogP contribution in [0.25, 0.3) is 0 Å². The van der Waals surface area contributed by atoms with Gasteiger partial charge in [0.05, 0.1) is 5.75 Å². The highest BCUT2D eigenvalue weighted by atomic mass is 32.2. The van der Waals surface area contributed by atoms with Gasteiger partial charge in [-0.1, -0.05) is 20.3 Å². The maximum atomic E-state index is 11.4. The molecule has 0 heterocycles. The first-order valence-corrected chi connectivity index (χ1v) is 7.29. The summed E-state index contributed by atoms with van der Waals surface area (Å²) in [5.41, 5.74) is 0. The SMILES string of the molecule is CCCC(CCO)CNS(=O)(=O)CCC. The Hall–Kier alpha value is -0.130. The molecule has 0 aromatic carbocycles. The lowest BCUT2D eigenvalue weighted by atomic mass is 10.0. The summed E-state index contributed by atoms with van der Waals surface area (Å²) in [7, 11) is -3.09. The van der Waals surface area contributed by atoms with Crippen molar-refractivity contribution in [1.82, 2.24) is 4.72 Å². The summed E-state index contributed by atoms with van der Waals surface area (Å²) in [6, 6.07) is 0. The van der Waals surface area contributed by atoms with Gasteiger partial charge in [-0.15, -0.1) is 0 Å². The molecule has 4 nitrogen and oxygen atoms in total. The number of rotatable bonds is 9. The normalized spacial score (nSPS) is 14.1. The van der Waals surface area contributed by atoms with Crippen molar-refractivity contribution >= 4 is 10.0 Å². The van der Waals surface area contributed by atoms with Crippen LogP contribution in [0, 0.1) is 5.92 Å². The molecular formula is C10H23NO3S. The van der Waals surface area contributed by atoms with E-state index in [9.17, 15) is 8.42 Å². The number of hydrogen-bond donors (Lipinski definition) is 2. The van der Waals surface area contributed by atoms with Gasteiger partial charge >= 0.3 is 0 Å². The van der Waals surface area contributed by atoms with Crippen molar-refractivity contribution in [2.45, 2.75) is 39.5 Å². The van der Waals surface area contributed by atoms with Gasteiger partial charge in [0, 0.05) is 13.2 Å². The Morgan fingerprint density at radius 2 is 1.87 bits per heavy atom. The van der Waals surface area contributed by atoms with Crippen LogP contribution in [0.2, 0.25) is 0 Å². The van der Waals surface area contributed by atoms with Crippen molar-refractivity contribution in [3.05, 3.63) is 0 Å². The highest BCUT2D eigenvalue weighted by molar-refractivity contribution is 7.89. The fourth-order valence-electron chi connectivity index (χ4n) is 1.52. The molecule has 1 unspecified atom stereocenters. The van der Waals surface area contributed by atoms with Gasteiger partial charge in [0.1, 0.15) is 0 Å². The quantitative estimate of drug-likeness (QED) is 0.631. The maximum Gasteiger partial charge on any atom is 0.211 e. The van der Waals surface area contributed by atoms with Crippen LogP contribution in [0.5, 0.6) is 0 Å². The van der Waals surface area contributed by atoms with Gasteiger partial charge in [0.15, 0.2) is 0 Å². The van der Waals surface area contributed by atoms with Crippen molar-refractivity contribution in [2.24, 2.45) is 5.92 Å². The predicted octanol–water partition coefficient (Wildman–Crippen LogP) is 1.11. The molecule has 0 radical (unpaired) electrons. The molecule has 0 saturated heterocycles. The fraction of sp³-hybridized carbons (Fsp3) is 1.00. The second-order valence-electron chi connectivity index (χ2n) is 3.83. The molecule has 0 fully saturated rings. The van der Waals surface area contributed by atoms with E-state index < -0.39 is 10.0 Å². The van der Waals surface area contributed by atoms with Gasteiger partial charge in [0.2, 0.25) is 10.0 Å². The third-order valence-corrected chi connectivity index (χ3v) is 3.85. The van der Waals surface area contributed by atoms with Crippen molar-refractivity contribution < 1.29 is 13.5 Å². The summed E-state index contributed by atoms with van der Waals surface area (Å²) in [5.74, 6) is 0.442. The Kier molecular flexibility index (Phi) is 8.00. The molecule has 0 bridgehead atoms. The van der Waals surface area contributed by atoms with Gasteiger partial charge in [0.25, 0.3) is 0 Å². The van der Waals surface area contributed by atoms with Crippen LogP contribution in [-0.2, 0) is 10.0 Å². The number of hydrogen-bond acceptors (Lipinski definition) is 3. The van der Waals surface area contributed by atoms with Crippen LogP contribution in [0.1, 0.15) is 39.5 Å². The topological polar surface area (TPSA) is 66.4 Å². The molecule has 92 valence electrons.